The Kier molecular flexibility index (Phi) is 4.04. The Balaban J connectivity index is 1.50. The van der Waals surface area contributed by atoms with Crippen molar-refractivity contribution in [2.45, 2.75) is 59.0 Å². The van der Waals surface area contributed by atoms with Gasteiger partial charge in [0.2, 0.25) is 5.89 Å². The summed E-state index contributed by atoms with van der Waals surface area (Å²) in [5, 5.41) is 11.8. The van der Waals surface area contributed by atoms with Crippen LogP contribution in [0.1, 0.15) is 50.5 Å². The zero-order valence-corrected chi connectivity index (χ0v) is 13.9. The smallest absolute Gasteiger partial charge is 0.208 e. The summed E-state index contributed by atoms with van der Waals surface area (Å²) in [5.74, 6) is 4.45. The average molecular weight is 303 g/mol. The van der Waals surface area contributed by atoms with Crippen LogP contribution in [0.2, 0.25) is 0 Å². The van der Waals surface area contributed by atoms with Crippen LogP contribution in [0.4, 0.5) is 0 Å². The molecule has 22 heavy (non-hydrogen) atoms. The van der Waals surface area contributed by atoms with Gasteiger partial charge in [-0.05, 0) is 19.3 Å². The molecule has 3 heterocycles. The fourth-order valence-electron chi connectivity index (χ4n) is 2.82. The predicted octanol–water partition coefficient (Wildman–Crippen LogP) is 2.22. The van der Waals surface area contributed by atoms with Gasteiger partial charge in [-0.15, -0.1) is 10.2 Å². The first-order chi connectivity index (χ1) is 10.4. The summed E-state index contributed by atoms with van der Waals surface area (Å²) in [5.41, 5.74) is 0.0109. The van der Waals surface area contributed by atoms with Crippen LogP contribution < -0.4 is 5.32 Å². The standard InChI is InChI=1S/C16H25N5O/c1-11-19-20-14-6-5-12(10-21(11)14)7-17-9-15-18-8-13(22-15)16(2,3)4/h8,12,17H,5-7,9-10H2,1-4H3. The number of hydrogen-bond donors (Lipinski definition) is 1. The second kappa shape index (κ2) is 5.83. The van der Waals surface area contributed by atoms with E-state index < -0.39 is 0 Å². The number of aromatic nitrogens is 4. The maximum Gasteiger partial charge on any atom is 0.208 e. The Morgan fingerprint density at radius 2 is 2.18 bits per heavy atom. The summed E-state index contributed by atoms with van der Waals surface area (Å²) < 4.78 is 8.04. The Morgan fingerprint density at radius 3 is 2.91 bits per heavy atom. The molecule has 2 aromatic rings. The van der Waals surface area contributed by atoms with E-state index in [0.717, 1.165) is 49.2 Å². The summed E-state index contributed by atoms with van der Waals surface area (Å²) in [4.78, 5) is 4.35. The van der Waals surface area contributed by atoms with E-state index in [2.05, 4.69) is 45.8 Å². The van der Waals surface area contributed by atoms with Crippen molar-refractivity contribution in [3.63, 3.8) is 0 Å². The van der Waals surface area contributed by atoms with Crippen molar-refractivity contribution >= 4 is 0 Å². The van der Waals surface area contributed by atoms with E-state index in [1.54, 1.807) is 0 Å². The molecule has 2 aromatic heterocycles. The van der Waals surface area contributed by atoms with Gasteiger partial charge in [0.1, 0.15) is 17.4 Å². The van der Waals surface area contributed by atoms with E-state index in [1.165, 1.54) is 0 Å². The number of rotatable bonds is 4. The van der Waals surface area contributed by atoms with Crippen molar-refractivity contribution < 1.29 is 4.42 Å². The van der Waals surface area contributed by atoms with Crippen LogP contribution in [0.3, 0.4) is 0 Å². The lowest BCUT2D eigenvalue weighted by Crippen LogP contribution is -2.30. The number of aryl methyl sites for hydroxylation is 2. The first kappa shape index (κ1) is 15.2. The van der Waals surface area contributed by atoms with Crippen LogP contribution in [0.5, 0.6) is 0 Å². The number of hydrogen-bond acceptors (Lipinski definition) is 5. The minimum atomic E-state index is 0.0109. The monoisotopic (exact) mass is 303 g/mol. The molecule has 0 saturated carbocycles. The van der Waals surface area contributed by atoms with Gasteiger partial charge in [-0.3, -0.25) is 0 Å². The largest absolute Gasteiger partial charge is 0.444 e. The molecule has 6 nitrogen and oxygen atoms in total. The second-order valence-electron chi connectivity index (χ2n) is 7.18. The topological polar surface area (TPSA) is 68.8 Å². The molecule has 0 spiro atoms. The van der Waals surface area contributed by atoms with Gasteiger partial charge in [0.15, 0.2) is 0 Å². The molecule has 6 heteroatoms. The summed E-state index contributed by atoms with van der Waals surface area (Å²) in [7, 11) is 0. The SMILES string of the molecule is Cc1nnc2n1CC(CNCc1ncc(C(C)(C)C)o1)CC2. The van der Waals surface area contributed by atoms with E-state index in [9.17, 15) is 0 Å². The molecule has 0 aromatic carbocycles. The highest BCUT2D eigenvalue weighted by Crippen LogP contribution is 2.23. The zero-order valence-electron chi connectivity index (χ0n) is 13.9. The van der Waals surface area contributed by atoms with Crippen LogP contribution in [0, 0.1) is 12.8 Å². The van der Waals surface area contributed by atoms with Gasteiger partial charge in [-0.1, -0.05) is 20.8 Å². The lowest BCUT2D eigenvalue weighted by Gasteiger charge is -2.24. The fourth-order valence-corrected chi connectivity index (χ4v) is 2.82. The lowest BCUT2D eigenvalue weighted by atomic mass is 9.94. The van der Waals surface area contributed by atoms with E-state index >= 15 is 0 Å². The van der Waals surface area contributed by atoms with Crippen molar-refractivity contribution in [2.75, 3.05) is 6.54 Å². The molecular formula is C16H25N5O. The summed E-state index contributed by atoms with van der Waals surface area (Å²) in [6.45, 7) is 11.1. The van der Waals surface area contributed by atoms with Crippen LogP contribution in [-0.4, -0.2) is 26.3 Å². The number of nitrogens with zero attached hydrogens (tertiary/aromatic N) is 4. The molecule has 0 radical (unpaired) electrons. The third kappa shape index (κ3) is 3.21. The van der Waals surface area contributed by atoms with E-state index in [4.69, 9.17) is 4.42 Å². The molecule has 1 aliphatic heterocycles. The molecule has 1 N–H and O–H groups in total. The zero-order chi connectivity index (χ0) is 15.7. The Labute approximate surface area is 131 Å². The van der Waals surface area contributed by atoms with Crippen LogP contribution in [0.25, 0.3) is 0 Å². The molecule has 0 bridgehead atoms. The van der Waals surface area contributed by atoms with Crippen molar-refractivity contribution in [3.8, 4) is 0 Å². The highest BCUT2D eigenvalue weighted by Gasteiger charge is 2.22. The van der Waals surface area contributed by atoms with Crippen molar-refractivity contribution in [1.82, 2.24) is 25.1 Å². The summed E-state index contributed by atoms with van der Waals surface area (Å²) in [6, 6.07) is 0. The quantitative estimate of drug-likeness (QED) is 0.938. The minimum absolute atomic E-state index is 0.0109. The van der Waals surface area contributed by atoms with Gasteiger partial charge in [-0.25, -0.2) is 4.98 Å². The van der Waals surface area contributed by atoms with E-state index in [-0.39, 0.29) is 5.41 Å². The van der Waals surface area contributed by atoms with E-state index in [0.29, 0.717) is 12.5 Å². The molecule has 0 aliphatic carbocycles. The molecule has 3 rings (SSSR count). The molecule has 0 saturated heterocycles. The molecule has 0 fully saturated rings. The van der Waals surface area contributed by atoms with Gasteiger partial charge in [0.05, 0.1) is 12.7 Å². The van der Waals surface area contributed by atoms with Crippen molar-refractivity contribution in [1.29, 1.82) is 0 Å². The number of oxazole rings is 1. The van der Waals surface area contributed by atoms with Crippen LogP contribution >= 0.6 is 0 Å². The first-order valence-corrected chi connectivity index (χ1v) is 7.98. The van der Waals surface area contributed by atoms with Gasteiger partial charge in [0.25, 0.3) is 0 Å². The third-order valence-electron chi connectivity index (χ3n) is 4.23. The second-order valence-corrected chi connectivity index (χ2v) is 7.18. The molecule has 0 amide bonds. The van der Waals surface area contributed by atoms with Crippen LogP contribution in [-0.2, 0) is 24.9 Å². The van der Waals surface area contributed by atoms with Crippen LogP contribution in [0.15, 0.2) is 10.6 Å². The van der Waals surface area contributed by atoms with Gasteiger partial charge >= 0.3 is 0 Å². The molecular weight excluding hydrogens is 278 g/mol. The maximum absolute atomic E-state index is 5.80. The van der Waals surface area contributed by atoms with Crippen molar-refractivity contribution in [2.24, 2.45) is 5.92 Å². The lowest BCUT2D eigenvalue weighted by molar-refractivity contribution is 0.329. The number of nitrogens with one attached hydrogen (secondary N) is 1. The molecule has 1 unspecified atom stereocenters. The molecule has 1 atom stereocenters. The highest BCUT2D eigenvalue weighted by atomic mass is 16.4. The van der Waals surface area contributed by atoms with Crippen molar-refractivity contribution in [3.05, 3.63) is 29.5 Å². The van der Waals surface area contributed by atoms with Gasteiger partial charge < -0.3 is 14.3 Å². The summed E-state index contributed by atoms with van der Waals surface area (Å²) >= 11 is 0. The Morgan fingerprint density at radius 1 is 1.36 bits per heavy atom. The molecule has 120 valence electrons. The maximum atomic E-state index is 5.80. The third-order valence-corrected chi connectivity index (χ3v) is 4.23. The van der Waals surface area contributed by atoms with Gasteiger partial charge in [0, 0.05) is 24.9 Å². The predicted molar refractivity (Wildman–Crippen MR) is 83.5 cm³/mol. The Hall–Kier alpha value is -1.69. The van der Waals surface area contributed by atoms with E-state index in [1.807, 2.05) is 13.1 Å². The normalized spacial score (nSPS) is 18.5. The summed E-state index contributed by atoms with van der Waals surface area (Å²) in [6.07, 6.45) is 4.01. The first-order valence-electron chi connectivity index (χ1n) is 7.98. The Bertz CT molecular complexity index is 637. The molecule has 1 aliphatic rings. The number of fused-ring (bicyclic) bond motifs is 1. The minimum Gasteiger partial charge on any atom is -0.444 e. The highest BCUT2D eigenvalue weighted by molar-refractivity contribution is 5.06. The fraction of sp³-hybridized carbons (Fsp3) is 0.688. The van der Waals surface area contributed by atoms with Gasteiger partial charge in [-0.2, -0.15) is 0 Å². The average Bonchev–Trinajstić information content (AvgIpc) is 3.06.